The van der Waals surface area contributed by atoms with Crippen molar-refractivity contribution >= 4 is 15.9 Å². The van der Waals surface area contributed by atoms with E-state index < -0.39 is 10.0 Å². The van der Waals surface area contributed by atoms with Crippen LogP contribution < -0.4 is 10.1 Å². The zero-order valence-corrected chi connectivity index (χ0v) is 18.7. The molecule has 0 bridgehead atoms. The van der Waals surface area contributed by atoms with E-state index in [-0.39, 0.29) is 16.8 Å². The van der Waals surface area contributed by atoms with E-state index in [4.69, 9.17) is 4.74 Å². The van der Waals surface area contributed by atoms with Crippen molar-refractivity contribution in [1.82, 2.24) is 9.62 Å². The molecule has 1 heterocycles. The number of aryl methyl sites for hydroxylation is 1. The normalized spacial score (nSPS) is 16.5. The Morgan fingerprint density at radius 2 is 1.67 bits per heavy atom. The summed E-state index contributed by atoms with van der Waals surface area (Å²) in [5, 5.41) is 2.97. The molecule has 1 aliphatic rings. The van der Waals surface area contributed by atoms with E-state index >= 15 is 0 Å². The monoisotopic (exact) mass is 430 g/mol. The largest absolute Gasteiger partial charge is 0.497 e. The molecule has 1 saturated heterocycles. The summed E-state index contributed by atoms with van der Waals surface area (Å²) in [4.78, 5) is 13.1. The number of ether oxygens (including phenoxy) is 1. The minimum atomic E-state index is -3.61. The number of nitrogens with one attached hydrogen (secondary N) is 1. The van der Waals surface area contributed by atoms with Crippen LogP contribution in [-0.4, -0.2) is 38.8 Å². The average Bonchev–Trinajstić information content (AvgIpc) is 3.04. The summed E-state index contributed by atoms with van der Waals surface area (Å²) in [6.07, 6.45) is 3.85. The van der Waals surface area contributed by atoms with Crippen molar-refractivity contribution in [2.45, 2.75) is 50.5 Å². The van der Waals surface area contributed by atoms with Crippen molar-refractivity contribution in [1.29, 1.82) is 0 Å². The summed E-state index contributed by atoms with van der Waals surface area (Å²) in [6, 6.07) is 12.1. The summed E-state index contributed by atoms with van der Waals surface area (Å²) < 4.78 is 32.9. The van der Waals surface area contributed by atoms with Gasteiger partial charge in [-0.1, -0.05) is 31.0 Å². The van der Waals surface area contributed by atoms with Crippen LogP contribution >= 0.6 is 0 Å². The number of carbonyl (C=O) groups is 1. The van der Waals surface area contributed by atoms with Crippen LogP contribution in [0.1, 0.15) is 60.1 Å². The molecule has 6 nitrogen and oxygen atoms in total. The van der Waals surface area contributed by atoms with Gasteiger partial charge in [0.2, 0.25) is 10.0 Å². The molecule has 1 fully saturated rings. The first-order valence-electron chi connectivity index (χ1n) is 10.4. The second-order valence-corrected chi connectivity index (χ2v) is 9.70. The summed E-state index contributed by atoms with van der Waals surface area (Å²) in [7, 11) is -2.00. The summed E-state index contributed by atoms with van der Waals surface area (Å²) in [5.41, 5.74) is 2.06. The van der Waals surface area contributed by atoms with E-state index in [9.17, 15) is 13.2 Å². The third-order valence-corrected chi connectivity index (χ3v) is 7.51. The molecule has 0 radical (unpaired) electrons. The van der Waals surface area contributed by atoms with E-state index in [0.29, 0.717) is 18.7 Å². The Kier molecular flexibility index (Phi) is 7.15. The summed E-state index contributed by atoms with van der Waals surface area (Å²) >= 11 is 0. The molecule has 162 valence electrons. The van der Waals surface area contributed by atoms with Crippen LogP contribution in [0, 0.1) is 6.92 Å². The zero-order chi connectivity index (χ0) is 21.7. The minimum Gasteiger partial charge on any atom is -0.497 e. The maximum Gasteiger partial charge on any atom is 0.252 e. The first-order chi connectivity index (χ1) is 14.3. The van der Waals surface area contributed by atoms with Crippen molar-refractivity contribution in [2.75, 3.05) is 20.2 Å². The Bertz CT molecular complexity index is 979. The lowest BCUT2D eigenvalue weighted by Crippen LogP contribution is -2.32. The van der Waals surface area contributed by atoms with Crippen LogP contribution in [0.25, 0.3) is 0 Å². The molecule has 1 aliphatic heterocycles. The highest BCUT2D eigenvalue weighted by molar-refractivity contribution is 7.89. The molecule has 7 heteroatoms. The first-order valence-corrected chi connectivity index (χ1v) is 11.8. The van der Waals surface area contributed by atoms with Crippen LogP contribution in [-0.2, 0) is 10.0 Å². The molecule has 1 amide bonds. The number of rotatable bonds is 6. The molecule has 0 unspecified atom stereocenters. The van der Waals surface area contributed by atoms with Gasteiger partial charge < -0.3 is 10.1 Å². The number of amides is 1. The molecular weight excluding hydrogens is 400 g/mol. The van der Waals surface area contributed by atoms with Gasteiger partial charge in [0, 0.05) is 18.7 Å². The molecule has 1 atom stereocenters. The fourth-order valence-corrected chi connectivity index (χ4v) is 5.23. The van der Waals surface area contributed by atoms with Crippen molar-refractivity contribution in [3.63, 3.8) is 0 Å². The average molecular weight is 431 g/mol. The topological polar surface area (TPSA) is 75.7 Å². The van der Waals surface area contributed by atoms with Crippen molar-refractivity contribution in [3.8, 4) is 5.75 Å². The number of hydrogen-bond acceptors (Lipinski definition) is 4. The minimum absolute atomic E-state index is 0.178. The van der Waals surface area contributed by atoms with Crippen LogP contribution in [0.5, 0.6) is 5.75 Å². The maximum absolute atomic E-state index is 13.1. The van der Waals surface area contributed by atoms with Crippen LogP contribution in [0.4, 0.5) is 0 Å². The van der Waals surface area contributed by atoms with E-state index in [1.54, 1.807) is 23.5 Å². The third-order valence-electron chi connectivity index (χ3n) is 5.62. The van der Waals surface area contributed by atoms with Crippen molar-refractivity contribution in [2.24, 2.45) is 0 Å². The standard InChI is InChI=1S/C23H30N2O4S/c1-17-8-13-21(30(27,28)25-14-6-4-5-7-15-25)16-22(17)23(26)24-18(2)19-9-11-20(29-3)12-10-19/h8-13,16,18H,4-7,14-15H2,1-3H3,(H,24,26)/t18-/m0/s1. The number of methoxy groups -OCH3 is 1. The van der Waals surface area contributed by atoms with Gasteiger partial charge >= 0.3 is 0 Å². The first kappa shape index (κ1) is 22.3. The fourth-order valence-electron chi connectivity index (χ4n) is 3.69. The number of sulfonamides is 1. The van der Waals surface area contributed by atoms with E-state index in [2.05, 4.69) is 5.32 Å². The summed E-state index contributed by atoms with van der Waals surface area (Å²) in [6.45, 7) is 4.78. The second-order valence-electron chi connectivity index (χ2n) is 7.76. The number of nitrogens with zero attached hydrogens (tertiary/aromatic N) is 1. The molecule has 2 aromatic rings. The van der Waals surface area contributed by atoms with Gasteiger partial charge in [0.25, 0.3) is 5.91 Å². The van der Waals surface area contributed by atoms with Crippen LogP contribution in [0.15, 0.2) is 47.4 Å². The molecule has 3 rings (SSSR count). The lowest BCUT2D eigenvalue weighted by atomic mass is 10.1. The van der Waals surface area contributed by atoms with Gasteiger partial charge in [-0.15, -0.1) is 0 Å². The van der Waals surface area contributed by atoms with Gasteiger partial charge in [0.1, 0.15) is 5.75 Å². The Morgan fingerprint density at radius 3 is 2.27 bits per heavy atom. The van der Waals surface area contributed by atoms with Gasteiger partial charge in [-0.25, -0.2) is 8.42 Å². The Labute approximate surface area is 179 Å². The molecule has 0 aliphatic carbocycles. The SMILES string of the molecule is COc1ccc([C@H](C)NC(=O)c2cc(S(=O)(=O)N3CCCCCC3)ccc2C)cc1. The van der Waals surface area contributed by atoms with Gasteiger partial charge in [-0.05, 0) is 62.1 Å². The van der Waals surface area contributed by atoms with Gasteiger partial charge in [0.15, 0.2) is 0 Å². The van der Waals surface area contributed by atoms with E-state index in [0.717, 1.165) is 42.6 Å². The predicted molar refractivity (Wildman–Crippen MR) is 117 cm³/mol. The van der Waals surface area contributed by atoms with E-state index in [1.807, 2.05) is 38.1 Å². The van der Waals surface area contributed by atoms with Crippen LogP contribution in [0.2, 0.25) is 0 Å². The fraction of sp³-hybridized carbons (Fsp3) is 0.435. The highest BCUT2D eigenvalue weighted by Crippen LogP contribution is 2.24. The molecular formula is C23H30N2O4S. The maximum atomic E-state index is 13.1. The molecule has 0 aromatic heterocycles. The molecule has 2 aromatic carbocycles. The highest BCUT2D eigenvalue weighted by atomic mass is 32.2. The van der Waals surface area contributed by atoms with Gasteiger partial charge in [-0.2, -0.15) is 4.31 Å². The Balaban J connectivity index is 1.80. The van der Waals surface area contributed by atoms with Crippen molar-refractivity contribution < 1.29 is 17.9 Å². The second kappa shape index (κ2) is 9.62. The van der Waals surface area contributed by atoms with Crippen molar-refractivity contribution in [3.05, 3.63) is 59.2 Å². The number of benzene rings is 2. The zero-order valence-electron chi connectivity index (χ0n) is 17.8. The number of hydrogen-bond donors (Lipinski definition) is 1. The third kappa shape index (κ3) is 5.02. The van der Waals surface area contributed by atoms with Crippen LogP contribution in [0.3, 0.4) is 0 Å². The highest BCUT2D eigenvalue weighted by Gasteiger charge is 2.26. The Hall–Kier alpha value is -2.38. The Morgan fingerprint density at radius 1 is 1.03 bits per heavy atom. The quantitative estimate of drug-likeness (QED) is 0.750. The molecule has 0 spiro atoms. The lowest BCUT2D eigenvalue weighted by molar-refractivity contribution is 0.0939. The molecule has 0 saturated carbocycles. The lowest BCUT2D eigenvalue weighted by Gasteiger charge is -2.21. The number of carbonyl (C=O) groups excluding carboxylic acids is 1. The van der Waals surface area contributed by atoms with E-state index in [1.165, 1.54) is 6.07 Å². The van der Waals surface area contributed by atoms with Gasteiger partial charge in [0.05, 0.1) is 18.0 Å². The summed E-state index contributed by atoms with van der Waals surface area (Å²) in [5.74, 6) is 0.461. The predicted octanol–water partition coefficient (Wildman–Crippen LogP) is 4.06. The molecule has 30 heavy (non-hydrogen) atoms. The molecule has 1 N–H and O–H groups in total. The smallest absolute Gasteiger partial charge is 0.252 e. The van der Waals surface area contributed by atoms with Gasteiger partial charge in [-0.3, -0.25) is 4.79 Å².